The van der Waals surface area contributed by atoms with E-state index in [1.807, 2.05) is 54.6 Å². The molecule has 0 N–H and O–H groups in total. The second-order valence-electron chi connectivity index (χ2n) is 15.2. The van der Waals surface area contributed by atoms with Crippen LogP contribution in [-0.4, -0.2) is 9.13 Å². The van der Waals surface area contributed by atoms with E-state index in [-0.39, 0.29) is 0 Å². The highest BCUT2D eigenvalue weighted by Gasteiger charge is 2.24. The number of hydrogen-bond donors (Lipinski definition) is 0. The molecule has 278 valence electrons. The molecule has 0 bridgehead atoms. The highest BCUT2D eigenvalue weighted by atomic mass is 16.3. The molecule has 0 amide bonds. The van der Waals surface area contributed by atoms with Crippen LogP contribution in [0.15, 0.2) is 192 Å². The molecule has 6 heteroatoms. The summed E-state index contributed by atoms with van der Waals surface area (Å²) in [5.74, 6) is 0. The van der Waals surface area contributed by atoms with Crippen molar-refractivity contribution >= 4 is 93.4 Å². The van der Waals surface area contributed by atoms with E-state index in [2.05, 4.69) is 160 Å². The van der Waals surface area contributed by atoms with Gasteiger partial charge in [0.1, 0.15) is 23.3 Å². The summed E-state index contributed by atoms with van der Waals surface area (Å²) < 4.78 is 10.6. The van der Waals surface area contributed by atoms with E-state index in [0.29, 0.717) is 22.5 Å². The molecule has 0 aliphatic rings. The largest absolute Gasteiger partial charge is 0.456 e. The Kier molecular flexibility index (Phi) is 7.26. The zero-order valence-electron chi connectivity index (χ0n) is 32.0. The van der Waals surface area contributed by atoms with Crippen molar-refractivity contribution in [2.75, 3.05) is 4.90 Å². The van der Waals surface area contributed by atoms with Crippen LogP contribution in [0.3, 0.4) is 0 Å². The monoisotopic (exact) mass is 765 g/mol. The summed E-state index contributed by atoms with van der Waals surface area (Å²) in [6.45, 7) is 0. The summed E-state index contributed by atoms with van der Waals surface area (Å²) in [5, 5.41) is 30.6. The van der Waals surface area contributed by atoms with Crippen molar-refractivity contribution in [3.8, 4) is 23.5 Å². The maximum absolute atomic E-state index is 11.1. The van der Waals surface area contributed by atoms with Crippen LogP contribution in [0.25, 0.3) is 87.7 Å². The van der Waals surface area contributed by atoms with Crippen LogP contribution in [0.5, 0.6) is 0 Å². The van der Waals surface area contributed by atoms with E-state index in [0.717, 1.165) is 93.4 Å². The minimum Gasteiger partial charge on any atom is -0.456 e. The van der Waals surface area contributed by atoms with Crippen molar-refractivity contribution in [2.45, 2.75) is 0 Å². The molecule has 0 saturated carbocycles. The van der Waals surface area contributed by atoms with Gasteiger partial charge in [0.25, 0.3) is 0 Å². The Balaban J connectivity index is 1.13. The van der Waals surface area contributed by atoms with Gasteiger partial charge in [-0.05, 0) is 89.6 Å². The number of nitriles is 2. The molecule has 12 rings (SSSR count). The van der Waals surface area contributed by atoms with Crippen molar-refractivity contribution in [3.63, 3.8) is 0 Å². The quantitative estimate of drug-likeness (QED) is 0.175. The first-order chi connectivity index (χ1) is 29.7. The molecular formula is C54H31N5O. The fourth-order valence-corrected chi connectivity index (χ4v) is 9.35. The lowest BCUT2D eigenvalue weighted by atomic mass is 10.0. The van der Waals surface area contributed by atoms with E-state index in [1.165, 1.54) is 0 Å². The van der Waals surface area contributed by atoms with Gasteiger partial charge in [0.15, 0.2) is 0 Å². The van der Waals surface area contributed by atoms with Crippen molar-refractivity contribution in [2.24, 2.45) is 0 Å². The van der Waals surface area contributed by atoms with Crippen molar-refractivity contribution in [1.29, 1.82) is 10.5 Å². The second-order valence-corrected chi connectivity index (χ2v) is 15.2. The van der Waals surface area contributed by atoms with Crippen LogP contribution < -0.4 is 4.90 Å². The molecule has 0 atom stereocenters. The van der Waals surface area contributed by atoms with Gasteiger partial charge in [-0.3, -0.25) is 0 Å². The molecule has 60 heavy (non-hydrogen) atoms. The first-order valence-electron chi connectivity index (χ1n) is 19.9. The number of hydrogen-bond acceptors (Lipinski definition) is 4. The van der Waals surface area contributed by atoms with Gasteiger partial charge < -0.3 is 18.5 Å². The zero-order chi connectivity index (χ0) is 39.9. The Morgan fingerprint density at radius 1 is 0.383 bits per heavy atom. The molecule has 0 unspecified atom stereocenters. The van der Waals surface area contributed by atoms with Gasteiger partial charge in [-0.1, -0.05) is 103 Å². The third-order valence-electron chi connectivity index (χ3n) is 11.9. The fraction of sp³-hybridized carbons (Fsp3) is 0. The predicted octanol–water partition coefficient (Wildman–Crippen LogP) is 14.1. The van der Waals surface area contributed by atoms with E-state index >= 15 is 0 Å². The Hall–Kier alpha value is -8.58. The fourth-order valence-electron chi connectivity index (χ4n) is 9.35. The SMILES string of the molecule is N#Cc1cc(-n2c3ccc(N(c4ccccc4)c4ccccc4)cc3c3c4ccccc4ccc32)c(C#N)cc1-n1c2ccccc2c2cc3c(cc21)oc1ccccc13. The number of para-hydroxylation sites is 4. The van der Waals surface area contributed by atoms with Crippen molar-refractivity contribution in [3.05, 3.63) is 199 Å². The van der Waals surface area contributed by atoms with Crippen LogP contribution in [0, 0.1) is 22.7 Å². The second kappa shape index (κ2) is 13.0. The number of fused-ring (bicyclic) bond motifs is 11. The molecule has 0 fully saturated rings. The van der Waals surface area contributed by atoms with E-state index < -0.39 is 0 Å². The summed E-state index contributed by atoms with van der Waals surface area (Å²) in [6.07, 6.45) is 0. The maximum atomic E-state index is 11.1. The van der Waals surface area contributed by atoms with Crippen LogP contribution >= 0.6 is 0 Å². The molecule has 0 saturated heterocycles. The van der Waals surface area contributed by atoms with Gasteiger partial charge in [0, 0.05) is 55.4 Å². The van der Waals surface area contributed by atoms with Crippen LogP contribution in [0.4, 0.5) is 17.1 Å². The van der Waals surface area contributed by atoms with E-state index in [4.69, 9.17) is 4.42 Å². The molecule has 0 radical (unpaired) electrons. The summed E-state index contributed by atoms with van der Waals surface area (Å²) in [6, 6.07) is 69.4. The van der Waals surface area contributed by atoms with E-state index in [9.17, 15) is 10.5 Å². The lowest BCUT2D eigenvalue weighted by molar-refractivity contribution is 0.669. The van der Waals surface area contributed by atoms with Crippen LogP contribution in [0.1, 0.15) is 11.1 Å². The van der Waals surface area contributed by atoms with Gasteiger partial charge in [0.05, 0.1) is 44.6 Å². The van der Waals surface area contributed by atoms with Crippen molar-refractivity contribution in [1.82, 2.24) is 9.13 Å². The molecule has 0 aliphatic heterocycles. The summed E-state index contributed by atoms with van der Waals surface area (Å²) in [4.78, 5) is 2.27. The normalized spacial score (nSPS) is 11.6. The first kappa shape index (κ1) is 33.5. The van der Waals surface area contributed by atoms with Crippen LogP contribution in [-0.2, 0) is 0 Å². The standard InChI is InChI=1S/C54H31N5O/c55-32-35-28-50(59-46-21-11-9-19-41(46)43-30-44-42-20-10-12-22-52(42)60-53(44)31-51(43)59)36(33-56)27-49(35)58-47-26-24-39(57(37-14-3-1-4-15-37)38-16-5-2-6-17-38)29-45(47)54-40-18-8-7-13-34(40)23-25-48(54)58/h1-31H. The third-order valence-corrected chi connectivity index (χ3v) is 11.9. The Morgan fingerprint density at radius 2 is 0.967 bits per heavy atom. The molecule has 0 aliphatic carbocycles. The average Bonchev–Trinajstić information content (AvgIpc) is 3.95. The number of anilines is 3. The predicted molar refractivity (Wildman–Crippen MR) is 244 cm³/mol. The highest BCUT2D eigenvalue weighted by Crippen LogP contribution is 2.44. The van der Waals surface area contributed by atoms with Gasteiger partial charge in [-0.2, -0.15) is 10.5 Å². The Bertz CT molecular complexity index is 3760. The molecule has 12 aromatic rings. The van der Waals surface area contributed by atoms with E-state index in [1.54, 1.807) is 0 Å². The van der Waals surface area contributed by atoms with Crippen molar-refractivity contribution < 1.29 is 4.42 Å². The molecule has 3 heterocycles. The number of aromatic nitrogens is 2. The van der Waals surface area contributed by atoms with Gasteiger partial charge in [-0.25, -0.2) is 0 Å². The summed E-state index contributed by atoms with van der Waals surface area (Å²) >= 11 is 0. The number of benzene rings is 9. The average molecular weight is 766 g/mol. The summed E-state index contributed by atoms with van der Waals surface area (Å²) in [7, 11) is 0. The minimum atomic E-state index is 0.447. The van der Waals surface area contributed by atoms with Crippen LogP contribution in [0.2, 0.25) is 0 Å². The maximum Gasteiger partial charge on any atom is 0.137 e. The van der Waals surface area contributed by atoms with Gasteiger partial charge >= 0.3 is 0 Å². The first-order valence-corrected chi connectivity index (χ1v) is 19.9. The molecule has 3 aromatic heterocycles. The molecule has 9 aromatic carbocycles. The minimum absolute atomic E-state index is 0.447. The van der Waals surface area contributed by atoms with Gasteiger partial charge in [-0.15, -0.1) is 0 Å². The smallest absolute Gasteiger partial charge is 0.137 e. The topological polar surface area (TPSA) is 73.8 Å². The number of nitrogens with zero attached hydrogens (tertiary/aromatic N) is 5. The Labute approximate surface area is 343 Å². The third kappa shape index (κ3) is 4.86. The lowest BCUT2D eigenvalue weighted by Crippen LogP contribution is -2.09. The molecular weight excluding hydrogens is 735 g/mol. The molecule has 6 nitrogen and oxygen atoms in total. The number of furan rings is 1. The summed E-state index contributed by atoms with van der Waals surface area (Å²) in [5.41, 5.74) is 10.6. The molecule has 0 spiro atoms. The Morgan fingerprint density at radius 3 is 1.68 bits per heavy atom. The number of rotatable bonds is 5. The van der Waals surface area contributed by atoms with Gasteiger partial charge in [0.2, 0.25) is 0 Å². The lowest BCUT2D eigenvalue weighted by Gasteiger charge is -2.25. The zero-order valence-corrected chi connectivity index (χ0v) is 32.0. The highest BCUT2D eigenvalue weighted by molar-refractivity contribution is 6.22.